The zero-order chi connectivity index (χ0) is 14.1. The quantitative estimate of drug-likeness (QED) is 0.420. The number of carbonyl (C=O) groups excluding carboxylic acids is 2. The molecule has 0 saturated heterocycles. The maximum absolute atomic E-state index is 10.9. The molecule has 1 heterocycles. The minimum absolute atomic E-state index is 0.0228. The van der Waals surface area contributed by atoms with E-state index in [1.165, 1.54) is 20.1 Å². The predicted octanol–water partition coefficient (Wildman–Crippen LogP) is 2.35. The van der Waals surface area contributed by atoms with Gasteiger partial charge in [0, 0.05) is 6.08 Å². The number of carbonyl (C=O) groups is 2. The lowest BCUT2D eigenvalue weighted by Crippen LogP contribution is -2.23. The molecule has 1 rings (SSSR count). The SMILES string of the molecule is COC(=O)/C=C/CC1C=CCC(C/C=C/C(C)=O)O1. The van der Waals surface area contributed by atoms with Gasteiger partial charge < -0.3 is 9.47 Å². The summed E-state index contributed by atoms with van der Waals surface area (Å²) in [4.78, 5) is 21.7. The number of ether oxygens (including phenoxy) is 2. The number of methoxy groups -OCH3 is 1. The second-order valence-electron chi connectivity index (χ2n) is 4.37. The number of rotatable bonds is 6. The van der Waals surface area contributed by atoms with E-state index in [-0.39, 0.29) is 24.0 Å². The van der Waals surface area contributed by atoms with Crippen molar-refractivity contribution in [2.75, 3.05) is 7.11 Å². The van der Waals surface area contributed by atoms with E-state index in [2.05, 4.69) is 10.8 Å². The highest BCUT2D eigenvalue weighted by molar-refractivity contribution is 5.87. The Kier molecular flexibility index (Phi) is 6.82. The van der Waals surface area contributed by atoms with E-state index < -0.39 is 0 Å². The van der Waals surface area contributed by atoms with Gasteiger partial charge in [-0.25, -0.2) is 4.79 Å². The normalized spacial score (nSPS) is 23.1. The Morgan fingerprint density at radius 3 is 2.74 bits per heavy atom. The molecule has 0 spiro atoms. The highest BCUT2D eigenvalue weighted by atomic mass is 16.5. The molecule has 19 heavy (non-hydrogen) atoms. The van der Waals surface area contributed by atoms with E-state index in [0.29, 0.717) is 6.42 Å². The van der Waals surface area contributed by atoms with E-state index in [4.69, 9.17) is 4.74 Å². The predicted molar refractivity (Wildman–Crippen MR) is 72.6 cm³/mol. The maximum atomic E-state index is 10.9. The van der Waals surface area contributed by atoms with Crippen LogP contribution >= 0.6 is 0 Å². The number of esters is 1. The van der Waals surface area contributed by atoms with Crippen molar-refractivity contribution in [3.63, 3.8) is 0 Å². The van der Waals surface area contributed by atoms with Gasteiger partial charge in [-0.2, -0.15) is 0 Å². The first-order valence-corrected chi connectivity index (χ1v) is 6.35. The van der Waals surface area contributed by atoms with Crippen LogP contribution < -0.4 is 0 Å². The van der Waals surface area contributed by atoms with Gasteiger partial charge in [0.1, 0.15) is 0 Å². The second kappa shape index (κ2) is 8.43. The molecular formula is C15H20O4. The molecule has 4 heteroatoms. The third kappa shape index (κ3) is 6.72. The molecule has 1 aliphatic heterocycles. The summed E-state index contributed by atoms with van der Waals surface area (Å²) in [5.41, 5.74) is 0. The number of hydrogen-bond donors (Lipinski definition) is 0. The molecule has 0 aromatic carbocycles. The van der Waals surface area contributed by atoms with Crippen molar-refractivity contribution in [1.29, 1.82) is 0 Å². The third-order valence-electron chi connectivity index (χ3n) is 2.69. The molecule has 0 aliphatic carbocycles. The van der Waals surface area contributed by atoms with Crippen molar-refractivity contribution >= 4 is 11.8 Å². The van der Waals surface area contributed by atoms with Crippen LogP contribution in [0, 0.1) is 0 Å². The Morgan fingerprint density at radius 2 is 2.05 bits per heavy atom. The summed E-state index contributed by atoms with van der Waals surface area (Å²) in [5, 5.41) is 0. The molecule has 0 amide bonds. The van der Waals surface area contributed by atoms with Crippen LogP contribution in [0.4, 0.5) is 0 Å². The maximum Gasteiger partial charge on any atom is 0.330 e. The van der Waals surface area contributed by atoms with Crippen LogP contribution in [0.1, 0.15) is 26.2 Å². The molecule has 1 aliphatic rings. The number of allylic oxidation sites excluding steroid dienone is 1. The highest BCUT2D eigenvalue weighted by Gasteiger charge is 2.16. The smallest absolute Gasteiger partial charge is 0.330 e. The monoisotopic (exact) mass is 264 g/mol. The van der Waals surface area contributed by atoms with Crippen LogP contribution in [0.25, 0.3) is 0 Å². The standard InChI is InChI=1S/C15H20O4/c1-12(16)6-3-7-13-8-4-9-14(19-13)10-5-11-15(17)18-2/h3-6,9,11,13-14H,7-8,10H2,1-2H3/b6-3+,11-5+. The first-order valence-electron chi connectivity index (χ1n) is 6.35. The van der Waals surface area contributed by atoms with Crippen molar-refractivity contribution in [1.82, 2.24) is 0 Å². The van der Waals surface area contributed by atoms with Crippen molar-refractivity contribution in [2.45, 2.75) is 38.4 Å². The van der Waals surface area contributed by atoms with Crippen molar-refractivity contribution in [3.8, 4) is 0 Å². The van der Waals surface area contributed by atoms with Gasteiger partial charge in [0.15, 0.2) is 5.78 Å². The van der Waals surface area contributed by atoms with E-state index in [0.717, 1.165) is 12.8 Å². The van der Waals surface area contributed by atoms with Crippen LogP contribution in [0.2, 0.25) is 0 Å². The van der Waals surface area contributed by atoms with Gasteiger partial charge in [-0.3, -0.25) is 4.79 Å². The van der Waals surface area contributed by atoms with E-state index >= 15 is 0 Å². The summed E-state index contributed by atoms with van der Waals surface area (Å²) in [6, 6.07) is 0. The van der Waals surface area contributed by atoms with Gasteiger partial charge >= 0.3 is 5.97 Å². The van der Waals surface area contributed by atoms with E-state index in [1.807, 2.05) is 12.2 Å². The first-order chi connectivity index (χ1) is 9.11. The summed E-state index contributed by atoms with van der Waals surface area (Å²) < 4.78 is 10.3. The van der Waals surface area contributed by atoms with Crippen LogP contribution in [-0.2, 0) is 19.1 Å². The van der Waals surface area contributed by atoms with Crippen molar-refractivity contribution in [2.24, 2.45) is 0 Å². The molecule has 0 N–H and O–H groups in total. The molecule has 0 aromatic rings. The van der Waals surface area contributed by atoms with Gasteiger partial charge in [-0.15, -0.1) is 0 Å². The van der Waals surface area contributed by atoms with Gasteiger partial charge in [-0.05, 0) is 32.3 Å². The molecule has 0 radical (unpaired) electrons. The van der Waals surface area contributed by atoms with Crippen LogP contribution in [0.15, 0.2) is 36.5 Å². The Morgan fingerprint density at radius 1 is 1.32 bits per heavy atom. The molecule has 2 unspecified atom stereocenters. The summed E-state index contributed by atoms with van der Waals surface area (Å²) in [7, 11) is 1.35. The summed E-state index contributed by atoms with van der Waals surface area (Å²) in [5.74, 6) is -0.315. The van der Waals surface area contributed by atoms with Gasteiger partial charge in [0.25, 0.3) is 0 Å². The Labute approximate surface area is 113 Å². The molecule has 0 aromatic heterocycles. The van der Waals surface area contributed by atoms with Gasteiger partial charge in [0.2, 0.25) is 0 Å². The zero-order valence-corrected chi connectivity index (χ0v) is 11.4. The molecule has 2 atom stereocenters. The van der Waals surface area contributed by atoms with Crippen molar-refractivity contribution < 1.29 is 19.1 Å². The van der Waals surface area contributed by atoms with Gasteiger partial charge in [-0.1, -0.05) is 24.3 Å². The molecule has 4 nitrogen and oxygen atoms in total. The fourth-order valence-electron chi connectivity index (χ4n) is 1.77. The lowest BCUT2D eigenvalue weighted by molar-refractivity contribution is -0.134. The minimum atomic E-state index is -0.360. The number of hydrogen-bond acceptors (Lipinski definition) is 4. The molecular weight excluding hydrogens is 244 g/mol. The summed E-state index contributed by atoms with van der Waals surface area (Å²) in [6.45, 7) is 1.53. The molecule has 0 fully saturated rings. The van der Waals surface area contributed by atoms with E-state index in [9.17, 15) is 9.59 Å². The topological polar surface area (TPSA) is 52.6 Å². The first kappa shape index (κ1) is 15.4. The van der Waals surface area contributed by atoms with Crippen LogP contribution in [0.5, 0.6) is 0 Å². The lowest BCUT2D eigenvalue weighted by atomic mass is 10.1. The molecule has 104 valence electrons. The van der Waals surface area contributed by atoms with Gasteiger partial charge in [0.05, 0.1) is 19.3 Å². The fourth-order valence-corrected chi connectivity index (χ4v) is 1.77. The Bertz CT molecular complexity index is 393. The third-order valence-corrected chi connectivity index (χ3v) is 2.69. The largest absolute Gasteiger partial charge is 0.466 e. The second-order valence-corrected chi connectivity index (χ2v) is 4.37. The van der Waals surface area contributed by atoms with E-state index in [1.54, 1.807) is 12.2 Å². The number of ketones is 1. The highest BCUT2D eigenvalue weighted by Crippen LogP contribution is 2.18. The fraction of sp³-hybridized carbons (Fsp3) is 0.467. The summed E-state index contributed by atoms with van der Waals surface area (Å²) in [6.07, 6.45) is 12.9. The average Bonchev–Trinajstić information content (AvgIpc) is 2.38. The Balaban J connectivity index is 2.36. The van der Waals surface area contributed by atoms with Crippen LogP contribution in [0.3, 0.4) is 0 Å². The summed E-state index contributed by atoms with van der Waals surface area (Å²) >= 11 is 0. The van der Waals surface area contributed by atoms with Crippen molar-refractivity contribution in [3.05, 3.63) is 36.5 Å². The average molecular weight is 264 g/mol. The molecule has 0 bridgehead atoms. The van der Waals surface area contributed by atoms with Crippen LogP contribution in [-0.4, -0.2) is 31.1 Å². The zero-order valence-electron chi connectivity index (χ0n) is 11.4. The minimum Gasteiger partial charge on any atom is -0.466 e. The lowest BCUT2D eigenvalue weighted by Gasteiger charge is -2.24. The molecule has 0 saturated carbocycles. The Hall–Kier alpha value is -1.68.